The standard InChI is InChI=1S/C10H13BrN2OS/c1-13(8-4-7(11)5-15-8)9(14)10(6-12)2-3-10/h4-5H,2-3,6,12H2,1H3. The van der Waals surface area contributed by atoms with Crippen LogP contribution in [0.15, 0.2) is 15.9 Å². The summed E-state index contributed by atoms with van der Waals surface area (Å²) in [5.41, 5.74) is 5.38. The molecule has 1 aromatic rings. The van der Waals surface area contributed by atoms with Gasteiger partial charge in [-0.2, -0.15) is 0 Å². The molecular formula is C10H13BrN2OS. The molecule has 0 aromatic carbocycles. The maximum atomic E-state index is 12.1. The first-order chi connectivity index (χ1) is 7.09. The third-order valence-corrected chi connectivity index (χ3v) is 4.65. The van der Waals surface area contributed by atoms with E-state index in [1.165, 1.54) is 0 Å². The Bertz CT molecular complexity index is 387. The van der Waals surface area contributed by atoms with E-state index in [1.54, 1.807) is 16.2 Å². The molecule has 1 fully saturated rings. The number of nitrogens with zero attached hydrogens (tertiary/aromatic N) is 1. The maximum Gasteiger partial charge on any atom is 0.234 e. The molecule has 0 bridgehead atoms. The fourth-order valence-electron chi connectivity index (χ4n) is 1.59. The highest BCUT2D eigenvalue weighted by Gasteiger charge is 2.50. The summed E-state index contributed by atoms with van der Waals surface area (Å²) < 4.78 is 1.01. The molecule has 82 valence electrons. The predicted molar refractivity (Wildman–Crippen MR) is 66.2 cm³/mol. The van der Waals surface area contributed by atoms with Crippen LogP contribution in [0.3, 0.4) is 0 Å². The molecule has 1 aliphatic rings. The van der Waals surface area contributed by atoms with Crippen LogP contribution in [0.25, 0.3) is 0 Å². The van der Waals surface area contributed by atoms with E-state index in [0.717, 1.165) is 22.3 Å². The van der Waals surface area contributed by atoms with Crippen LogP contribution < -0.4 is 10.6 Å². The Balaban J connectivity index is 2.15. The Morgan fingerprint density at radius 3 is 2.80 bits per heavy atom. The van der Waals surface area contributed by atoms with Crippen molar-refractivity contribution in [3.8, 4) is 0 Å². The van der Waals surface area contributed by atoms with Crippen molar-refractivity contribution in [2.45, 2.75) is 12.8 Å². The second kappa shape index (κ2) is 3.88. The minimum atomic E-state index is -0.259. The normalized spacial score (nSPS) is 17.5. The summed E-state index contributed by atoms with van der Waals surface area (Å²) in [6.45, 7) is 0.461. The number of carbonyl (C=O) groups excluding carboxylic acids is 1. The van der Waals surface area contributed by atoms with Crippen molar-refractivity contribution in [3.63, 3.8) is 0 Å². The van der Waals surface area contributed by atoms with Gasteiger partial charge in [-0.15, -0.1) is 11.3 Å². The second-order valence-electron chi connectivity index (χ2n) is 3.95. The van der Waals surface area contributed by atoms with E-state index in [9.17, 15) is 4.79 Å². The molecule has 5 heteroatoms. The Morgan fingerprint density at radius 1 is 1.73 bits per heavy atom. The van der Waals surface area contributed by atoms with Gasteiger partial charge in [-0.25, -0.2) is 0 Å². The molecular weight excluding hydrogens is 276 g/mol. The Labute approximate surface area is 101 Å². The quantitative estimate of drug-likeness (QED) is 0.927. The summed E-state index contributed by atoms with van der Waals surface area (Å²) in [6.07, 6.45) is 1.86. The lowest BCUT2D eigenvalue weighted by molar-refractivity contribution is -0.123. The molecule has 1 heterocycles. The molecule has 3 nitrogen and oxygen atoms in total. The average molecular weight is 289 g/mol. The number of halogens is 1. The monoisotopic (exact) mass is 288 g/mol. The van der Waals surface area contributed by atoms with E-state index in [0.29, 0.717) is 6.54 Å². The van der Waals surface area contributed by atoms with Crippen LogP contribution in [-0.4, -0.2) is 19.5 Å². The van der Waals surface area contributed by atoms with Crippen molar-refractivity contribution in [2.24, 2.45) is 11.1 Å². The van der Waals surface area contributed by atoms with E-state index in [-0.39, 0.29) is 11.3 Å². The number of carbonyl (C=O) groups is 1. The van der Waals surface area contributed by atoms with E-state index in [4.69, 9.17) is 5.73 Å². The Morgan fingerprint density at radius 2 is 2.40 bits per heavy atom. The number of rotatable bonds is 3. The molecule has 1 saturated carbocycles. The topological polar surface area (TPSA) is 46.3 Å². The number of anilines is 1. The molecule has 0 unspecified atom stereocenters. The fraction of sp³-hybridized carbons (Fsp3) is 0.500. The summed E-state index contributed by atoms with van der Waals surface area (Å²) in [4.78, 5) is 13.8. The zero-order chi connectivity index (χ0) is 11.1. The predicted octanol–water partition coefficient (Wildman–Crippen LogP) is 2.21. The number of thiophene rings is 1. The molecule has 2 rings (SSSR count). The Kier molecular flexibility index (Phi) is 2.87. The molecule has 1 aliphatic carbocycles. The van der Waals surface area contributed by atoms with Gasteiger partial charge in [0.25, 0.3) is 0 Å². The van der Waals surface area contributed by atoms with Crippen LogP contribution in [-0.2, 0) is 4.79 Å². The molecule has 1 amide bonds. The van der Waals surface area contributed by atoms with Gasteiger partial charge < -0.3 is 10.6 Å². The maximum absolute atomic E-state index is 12.1. The van der Waals surface area contributed by atoms with E-state index >= 15 is 0 Å². The van der Waals surface area contributed by atoms with Crippen molar-refractivity contribution in [1.29, 1.82) is 0 Å². The first-order valence-corrected chi connectivity index (χ1v) is 6.48. The van der Waals surface area contributed by atoms with Crippen molar-refractivity contribution in [3.05, 3.63) is 15.9 Å². The number of nitrogens with two attached hydrogens (primary N) is 1. The summed E-state index contributed by atoms with van der Waals surface area (Å²) in [6, 6.07) is 1.95. The minimum Gasteiger partial charge on any atom is -0.329 e. The van der Waals surface area contributed by atoms with Gasteiger partial charge in [0, 0.05) is 23.4 Å². The summed E-state index contributed by atoms with van der Waals surface area (Å²) >= 11 is 4.94. The molecule has 1 aromatic heterocycles. The molecule has 2 N–H and O–H groups in total. The first-order valence-electron chi connectivity index (χ1n) is 4.81. The van der Waals surface area contributed by atoms with Crippen molar-refractivity contribution in [1.82, 2.24) is 0 Å². The first kappa shape index (κ1) is 11.1. The van der Waals surface area contributed by atoms with Crippen molar-refractivity contribution < 1.29 is 4.79 Å². The van der Waals surface area contributed by atoms with E-state index in [2.05, 4.69) is 15.9 Å². The van der Waals surface area contributed by atoms with Crippen LogP contribution in [0.1, 0.15) is 12.8 Å². The van der Waals surface area contributed by atoms with Gasteiger partial charge in [0.05, 0.1) is 10.4 Å². The number of hydrogen-bond acceptors (Lipinski definition) is 3. The molecule has 0 spiro atoms. The van der Waals surface area contributed by atoms with Gasteiger partial charge in [-0.05, 0) is 34.8 Å². The lowest BCUT2D eigenvalue weighted by atomic mass is 10.1. The minimum absolute atomic E-state index is 0.152. The van der Waals surface area contributed by atoms with Crippen LogP contribution in [0, 0.1) is 5.41 Å². The molecule has 0 aliphatic heterocycles. The van der Waals surface area contributed by atoms with Gasteiger partial charge in [-0.3, -0.25) is 4.79 Å². The van der Waals surface area contributed by atoms with Crippen molar-refractivity contribution >= 4 is 38.2 Å². The smallest absolute Gasteiger partial charge is 0.234 e. The molecule has 0 saturated heterocycles. The highest BCUT2D eigenvalue weighted by atomic mass is 79.9. The summed E-state index contributed by atoms with van der Waals surface area (Å²) in [5.74, 6) is 0.152. The zero-order valence-electron chi connectivity index (χ0n) is 8.50. The Hall–Kier alpha value is -0.390. The second-order valence-corrected chi connectivity index (χ2v) is 5.76. The zero-order valence-corrected chi connectivity index (χ0v) is 10.9. The molecule has 15 heavy (non-hydrogen) atoms. The third kappa shape index (κ3) is 1.96. The van der Waals surface area contributed by atoms with Gasteiger partial charge in [0.15, 0.2) is 0 Å². The van der Waals surface area contributed by atoms with Crippen LogP contribution in [0.2, 0.25) is 0 Å². The van der Waals surface area contributed by atoms with Gasteiger partial charge in [0.1, 0.15) is 0 Å². The molecule has 0 radical (unpaired) electrons. The highest BCUT2D eigenvalue weighted by molar-refractivity contribution is 9.10. The third-order valence-electron chi connectivity index (χ3n) is 2.89. The van der Waals surface area contributed by atoms with Crippen molar-refractivity contribution in [2.75, 3.05) is 18.5 Å². The fourth-order valence-corrected chi connectivity index (χ4v) is 2.98. The van der Waals surface area contributed by atoms with Gasteiger partial charge in [-0.1, -0.05) is 0 Å². The number of amides is 1. The van der Waals surface area contributed by atoms with Crippen LogP contribution >= 0.6 is 27.3 Å². The van der Waals surface area contributed by atoms with E-state index < -0.39 is 0 Å². The van der Waals surface area contributed by atoms with Gasteiger partial charge >= 0.3 is 0 Å². The van der Waals surface area contributed by atoms with Crippen LogP contribution in [0.4, 0.5) is 5.00 Å². The molecule has 0 atom stereocenters. The summed E-state index contributed by atoms with van der Waals surface area (Å²) in [7, 11) is 1.82. The SMILES string of the molecule is CN(C(=O)C1(CN)CC1)c1cc(Br)cs1. The van der Waals surface area contributed by atoms with Crippen LogP contribution in [0.5, 0.6) is 0 Å². The number of hydrogen-bond donors (Lipinski definition) is 1. The lowest BCUT2D eigenvalue weighted by Crippen LogP contribution is -2.37. The highest BCUT2D eigenvalue weighted by Crippen LogP contribution is 2.47. The summed E-state index contributed by atoms with van der Waals surface area (Å²) in [5, 5.41) is 2.94. The van der Waals surface area contributed by atoms with E-state index in [1.807, 2.05) is 18.5 Å². The largest absolute Gasteiger partial charge is 0.329 e. The van der Waals surface area contributed by atoms with Gasteiger partial charge in [0.2, 0.25) is 5.91 Å². The lowest BCUT2D eigenvalue weighted by Gasteiger charge is -2.20. The average Bonchev–Trinajstić information content (AvgIpc) is 2.93.